The van der Waals surface area contributed by atoms with E-state index in [1.54, 1.807) is 4.31 Å². The van der Waals surface area contributed by atoms with Gasteiger partial charge in [-0.15, -0.1) is 0 Å². The van der Waals surface area contributed by atoms with Gasteiger partial charge in [0.25, 0.3) is 0 Å². The van der Waals surface area contributed by atoms with Crippen molar-refractivity contribution in [1.29, 1.82) is 0 Å². The molecule has 5 heteroatoms. The molecule has 17 heavy (non-hydrogen) atoms. The van der Waals surface area contributed by atoms with E-state index in [0.29, 0.717) is 19.1 Å². The highest BCUT2D eigenvalue weighted by atomic mass is 32.2. The molecule has 1 saturated carbocycles. The first-order chi connectivity index (χ1) is 8.05. The number of sulfonamides is 1. The molecule has 1 saturated heterocycles. The number of hydrogen-bond acceptors (Lipinski definition) is 3. The molecule has 2 aliphatic rings. The van der Waals surface area contributed by atoms with Gasteiger partial charge >= 0.3 is 0 Å². The van der Waals surface area contributed by atoms with Gasteiger partial charge < -0.3 is 0 Å². The predicted octanol–water partition coefficient (Wildman–Crippen LogP) is 1.28. The van der Waals surface area contributed by atoms with E-state index in [0.717, 1.165) is 38.8 Å². The molecule has 0 N–H and O–H groups in total. The Morgan fingerprint density at radius 2 is 1.76 bits per heavy atom. The van der Waals surface area contributed by atoms with Crippen molar-refractivity contribution in [3.63, 3.8) is 0 Å². The molecule has 0 radical (unpaired) electrons. The van der Waals surface area contributed by atoms with Crippen LogP contribution in [0.3, 0.4) is 0 Å². The van der Waals surface area contributed by atoms with Crippen molar-refractivity contribution >= 4 is 10.0 Å². The van der Waals surface area contributed by atoms with Crippen LogP contribution in [0.5, 0.6) is 0 Å². The molecular formula is C12H24N2O2S. The van der Waals surface area contributed by atoms with E-state index in [1.807, 2.05) is 0 Å². The first kappa shape index (κ1) is 13.3. The highest BCUT2D eigenvalue weighted by Crippen LogP contribution is 2.29. The van der Waals surface area contributed by atoms with E-state index in [2.05, 4.69) is 18.7 Å². The van der Waals surface area contributed by atoms with Crippen LogP contribution >= 0.6 is 0 Å². The molecular weight excluding hydrogens is 236 g/mol. The summed E-state index contributed by atoms with van der Waals surface area (Å²) in [6.45, 7) is 7.55. The zero-order valence-corrected chi connectivity index (χ0v) is 11.7. The molecule has 1 aliphatic heterocycles. The number of hydrogen-bond donors (Lipinski definition) is 0. The van der Waals surface area contributed by atoms with Gasteiger partial charge in [0, 0.05) is 32.2 Å². The van der Waals surface area contributed by atoms with Gasteiger partial charge in [-0.1, -0.05) is 13.3 Å². The van der Waals surface area contributed by atoms with Crippen molar-refractivity contribution in [2.24, 2.45) is 0 Å². The van der Waals surface area contributed by atoms with Crippen molar-refractivity contribution in [1.82, 2.24) is 9.21 Å². The minimum absolute atomic E-state index is 0.0716. The van der Waals surface area contributed by atoms with E-state index < -0.39 is 10.0 Å². The molecule has 1 atom stereocenters. The third-order valence-electron chi connectivity index (χ3n) is 4.32. The molecule has 4 nitrogen and oxygen atoms in total. The maximum absolute atomic E-state index is 12.2. The van der Waals surface area contributed by atoms with Crippen LogP contribution in [0.4, 0.5) is 0 Å². The lowest BCUT2D eigenvalue weighted by Gasteiger charge is -2.39. The molecule has 100 valence electrons. The van der Waals surface area contributed by atoms with Crippen molar-refractivity contribution in [3.8, 4) is 0 Å². The van der Waals surface area contributed by atoms with E-state index in [1.165, 1.54) is 0 Å². The summed E-state index contributed by atoms with van der Waals surface area (Å²) in [5, 5.41) is -0.0716. The lowest BCUT2D eigenvalue weighted by atomic mass is 10.0. The monoisotopic (exact) mass is 260 g/mol. The van der Waals surface area contributed by atoms with Crippen molar-refractivity contribution in [2.75, 3.05) is 26.2 Å². The number of piperazine rings is 1. The first-order valence-electron chi connectivity index (χ1n) is 6.78. The van der Waals surface area contributed by atoms with Crippen molar-refractivity contribution in [2.45, 2.75) is 50.8 Å². The average molecular weight is 260 g/mol. The topological polar surface area (TPSA) is 40.6 Å². The smallest absolute Gasteiger partial charge is 0.217 e. The molecule has 0 spiro atoms. The van der Waals surface area contributed by atoms with Crippen LogP contribution in [0.1, 0.15) is 39.5 Å². The largest absolute Gasteiger partial charge is 0.298 e. The van der Waals surface area contributed by atoms with Gasteiger partial charge in [0.15, 0.2) is 0 Å². The van der Waals surface area contributed by atoms with Gasteiger partial charge in [-0.25, -0.2) is 8.42 Å². The summed E-state index contributed by atoms with van der Waals surface area (Å²) in [7, 11) is -2.97. The fourth-order valence-corrected chi connectivity index (χ4v) is 4.56. The molecule has 2 rings (SSSR count). The lowest BCUT2D eigenvalue weighted by Crippen LogP contribution is -2.53. The quantitative estimate of drug-likeness (QED) is 0.764. The minimum atomic E-state index is -2.97. The van der Waals surface area contributed by atoms with Crippen molar-refractivity contribution < 1.29 is 8.42 Å². The molecule has 1 heterocycles. The van der Waals surface area contributed by atoms with Crippen LogP contribution < -0.4 is 0 Å². The van der Waals surface area contributed by atoms with Crippen molar-refractivity contribution in [3.05, 3.63) is 0 Å². The molecule has 2 fully saturated rings. The summed E-state index contributed by atoms with van der Waals surface area (Å²) in [6, 6.07) is 0.573. The van der Waals surface area contributed by atoms with Crippen LogP contribution in [-0.2, 0) is 10.0 Å². The second-order valence-electron chi connectivity index (χ2n) is 5.29. The van der Waals surface area contributed by atoms with Crippen LogP contribution in [-0.4, -0.2) is 55.1 Å². The fourth-order valence-electron chi connectivity index (χ4n) is 2.54. The first-order valence-corrected chi connectivity index (χ1v) is 8.29. The Hall–Kier alpha value is -0.130. The SMILES string of the molecule is CCC(C)N1CCN(S(=O)(=O)C2CCC2)CC1. The van der Waals surface area contributed by atoms with Gasteiger partial charge in [-0.2, -0.15) is 4.31 Å². The second-order valence-corrected chi connectivity index (χ2v) is 7.50. The predicted molar refractivity (Wildman–Crippen MR) is 69.5 cm³/mol. The Labute approximate surface area is 105 Å². The fraction of sp³-hybridized carbons (Fsp3) is 1.00. The van der Waals surface area contributed by atoms with E-state index >= 15 is 0 Å². The summed E-state index contributed by atoms with van der Waals surface area (Å²) >= 11 is 0. The second kappa shape index (κ2) is 5.24. The molecule has 1 unspecified atom stereocenters. The summed E-state index contributed by atoms with van der Waals surface area (Å²) in [5.74, 6) is 0. The molecule has 0 aromatic rings. The third kappa shape index (κ3) is 2.66. The van der Waals surface area contributed by atoms with Crippen LogP contribution in [0, 0.1) is 0 Å². The number of nitrogens with zero attached hydrogens (tertiary/aromatic N) is 2. The van der Waals surface area contributed by atoms with E-state index in [9.17, 15) is 8.42 Å². The molecule has 0 amide bonds. The highest BCUT2D eigenvalue weighted by Gasteiger charge is 2.37. The highest BCUT2D eigenvalue weighted by molar-refractivity contribution is 7.89. The summed E-state index contributed by atoms with van der Waals surface area (Å²) < 4.78 is 26.2. The maximum atomic E-state index is 12.2. The lowest BCUT2D eigenvalue weighted by molar-refractivity contribution is 0.141. The maximum Gasteiger partial charge on any atom is 0.217 e. The zero-order chi connectivity index (χ0) is 12.5. The molecule has 1 aliphatic carbocycles. The molecule has 0 bridgehead atoms. The summed E-state index contributed by atoms with van der Waals surface area (Å²) in [5.41, 5.74) is 0. The summed E-state index contributed by atoms with van der Waals surface area (Å²) in [6.07, 6.45) is 3.95. The van der Waals surface area contributed by atoms with Gasteiger partial charge in [0.2, 0.25) is 10.0 Å². The van der Waals surface area contributed by atoms with Gasteiger partial charge in [-0.05, 0) is 26.2 Å². The van der Waals surface area contributed by atoms with Crippen LogP contribution in [0.25, 0.3) is 0 Å². The zero-order valence-electron chi connectivity index (χ0n) is 10.9. The number of rotatable bonds is 4. The molecule has 0 aromatic carbocycles. The van der Waals surface area contributed by atoms with E-state index in [4.69, 9.17) is 0 Å². The normalized spacial score (nSPS) is 26.7. The van der Waals surface area contributed by atoms with Crippen LogP contribution in [0.15, 0.2) is 0 Å². The standard InChI is InChI=1S/C12H24N2O2S/c1-3-11(2)13-7-9-14(10-8-13)17(15,16)12-5-4-6-12/h11-12H,3-10H2,1-2H3. The Morgan fingerprint density at radius 3 is 2.18 bits per heavy atom. The molecule has 0 aromatic heterocycles. The Kier molecular flexibility index (Phi) is 4.10. The van der Waals surface area contributed by atoms with Gasteiger partial charge in [0.05, 0.1) is 5.25 Å². The Morgan fingerprint density at radius 1 is 1.18 bits per heavy atom. The van der Waals surface area contributed by atoms with Gasteiger partial charge in [0.1, 0.15) is 0 Å². The van der Waals surface area contributed by atoms with Gasteiger partial charge in [-0.3, -0.25) is 4.90 Å². The van der Waals surface area contributed by atoms with Crippen LogP contribution in [0.2, 0.25) is 0 Å². The average Bonchev–Trinajstić information content (AvgIpc) is 2.25. The summed E-state index contributed by atoms with van der Waals surface area (Å²) in [4.78, 5) is 2.40. The Balaban J connectivity index is 1.90. The minimum Gasteiger partial charge on any atom is -0.298 e. The Bertz CT molecular complexity index is 344. The van der Waals surface area contributed by atoms with E-state index in [-0.39, 0.29) is 5.25 Å². The third-order valence-corrected chi connectivity index (χ3v) is 6.72.